The van der Waals surface area contributed by atoms with E-state index >= 15 is 0 Å². The number of ether oxygens (including phenoxy) is 2. The maximum atomic E-state index is 12.7. The molecule has 0 aromatic heterocycles. The fraction of sp³-hybridized carbons (Fsp3) is 0.211. The SMILES string of the molecule is COc1cc(NS(=O)(=O)c2ccc(C)cc2)c(/C(C)=C/C#N)cc1OC. The molecular weight excluding hydrogens is 352 g/mol. The summed E-state index contributed by atoms with van der Waals surface area (Å²) in [7, 11) is -0.849. The molecule has 0 atom stereocenters. The summed E-state index contributed by atoms with van der Waals surface area (Å²) in [5, 5.41) is 8.93. The Morgan fingerprint density at radius 3 is 2.23 bits per heavy atom. The summed E-state index contributed by atoms with van der Waals surface area (Å²) in [5.74, 6) is 0.814. The van der Waals surface area contributed by atoms with Crippen molar-refractivity contribution in [3.8, 4) is 17.6 Å². The lowest BCUT2D eigenvalue weighted by Crippen LogP contribution is -2.14. The molecule has 0 aliphatic heterocycles. The number of anilines is 1. The number of nitriles is 1. The van der Waals surface area contributed by atoms with E-state index in [0.717, 1.165) is 5.56 Å². The summed E-state index contributed by atoms with van der Waals surface area (Å²) in [5.41, 5.74) is 2.38. The molecule has 0 heterocycles. The Bertz CT molecular complexity index is 972. The molecule has 0 fully saturated rings. The van der Waals surface area contributed by atoms with E-state index in [4.69, 9.17) is 14.7 Å². The average Bonchev–Trinajstić information content (AvgIpc) is 2.61. The van der Waals surface area contributed by atoms with Gasteiger partial charge in [0.25, 0.3) is 10.0 Å². The van der Waals surface area contributed by atoms with Crippen LogP contribution in [0.2, 0.25) is 0 Å². The van der Waals surface area contributed by atoms with Gasteiger partial charge in [0.05, 0.1) is 30.9 Å². The predicted molar refractivity (Wildman–Crippen MR) is 101 cm³/mol. The Kier molecular flexibility index (Phi) is 5.90. The van der Waals surface area contributed by atoms with Crippen molar-refractivity contribution in [3.63, 3.8) is 0 Å². The molecule has 7 heteroatoms. The standard InChI is InChI=1S/C19H20N2O4S/c1-13-5-7-15(8-6-13)26(22,23)21-17-12-19(25-4)18(24-3)11-16(17)14(2)9-10-20/h5-9,11-12,21H,1-4H3/b14-9+. The van der Waals surface area contributed by atoms with Crippen LogP contribution in [-0.2, 0) is 10.0 Å². The van der Waals surface area contributed by atoms with Gasteiger partial charge in [-0.15, -0.1) is 0 Å². The van der Waals surface area contributed by atoms with Gasteiger partial charge < -0.3 is 9.47 Å². The van der Waals surface area contributed by atoms with Crippen LogP contribution in [-0.4, -0.2) is 22.6 Å². The molecular formula is C19H20N2O4S. The molecule has 0 unspecified atom stereocenters. The predicted octanol–water partition coefficient (Wildman–Crippen LogP) is 3.74. The monoisotopic (exact) mass is 372 g/mol. The minimum atomic E-state index is -3.80. The first-order valence-corrected chi connectivity index (χ1v) is 9.23. The van der Waals surface area contributed by atoms with Crippen LogP contribution in [0.1, 0.15) is 18.1 Å². The van der Waals surface area contributed by atoms with Crippen molar-refractivity contribution in [2.45, 2.75) is 18.7 Å². The molecule has 0 spiro atoms. The Balaban J connectivity index is 2.58. The second-order valence-corrected chi connectivity index (χ2v) is 7.31. The van der Waals surface area contributed by atoms with E-state index in [9.17, 15) is 8.42 Å². The summed E-state index contributed by atoms with van der Waals surface area (Å²) >= 11 is 0. The Morgan fingerprint density at radius 1 is 1.12 bits per heavy atom. The number of nitrogens with one attached hydrogen (secondary N) is 1. The number of allylic oxidation sites excluding steroid dienone is 2. The summed E-state index contributed by atoms with van der Waals surface area (Å²) in [6, 6.07) is 11.6. The number of hydrogen-bond donors (Lipinski definition) is 1. The van der Waals surface area contributed by atoms with Crippen LogP contribution in [0.25, 0.3) is 5.57 Å². The lowest BCUT2D eigenvalue weighted by atomic mass is 10.0. The Labute approximate surface area is 153 Å². The largest absolute Gasteiger partial charge is 0.493 e. The van der Waals surface area contributed by atoms with Crippen LogP contribution >= 0.6 is 0 Å². The van der Waals surface area contributed by atoms with Gasteiger partial charge >= 0.3 is 0 Å². The highest BCUT2D eigenvalue weighted by Crippen LogP contribution is 2.37. The van der Waals surface area contributed by atoms with E-state index in [-0.39, 0.29) is 4.90 Å². The first-order valence-electron chi connectivity index (χ1n) is 7.74. The lowest BCUT2D eigenvalue weighted by Gasteiger charge is -2.17. The molecule has 0 saturated carbocycles. The Hall–Kier alpha value is -2.98. The van der Waals surface area contributed by atoms with Crippen molar-refractivity contribution in [3.05, 3.63) is 53.6 Å². The molecule has 6 nitrogen and oxygen atoms in total. The van der Waals surface area contributed by atoms with Crippen molar-refractivity contribution in [1.82, 2.24) is 0 Å². The fourth-order valence-corrected chi connectivity index (χ4v) is 3.46. The second-order valence-electron chi connectivity index (χ2n) is 5.63. The van der Waals surface area contributed by atoms with Crippen molar-refractivity contribution >= 4 is 21.3 Å². The molecule has 0 aliphatic rings. The normalized spacial score (nSPS) is 11.6. The molecule has 1 N–H and O–H groups in total. The maximum Gasteiger partial charge on any atom is 0.261 e. The molecule has 0 bridgehead atoms. The third-order valence-corrected chi connectivity index (χ3v) is 5.19. The van der Waals surface area contributed by atoms with Gasteiger partial charge in [-0.3, -0.25) is 4.72 Å². The third kappa shape index (κ3) is 4.16. The molecule has 0 radical (unpaired) electrons. The molecule has 26 heavy (non-hydrogen) atoms. The Morgan fingerprint density at radius 2 is 1.69 bits per heavy atom. The molecule has 2 aromatic carbocycles. The van der Waals surface area contributed by atoms with Crippen molar-refractivity contribution in [1.29, 1.82) is 5.26 Å². The summed E-state index contributed by atoms with van der Waals surface area (Å²) < 4.78 is 38.6. The first-order chi connectivity index (χ1) is 12.3. The topological polar surface area (TPSA) is 88.4 Å². The minimum absolute atomic E-state index is 0.144. The number of methoxy groups -OCH3 is 2. The van der Waals surface area contributed by atoms with Crippen molar-refractivity contribution in [2.24, 2.45) is 0 Å². The zero-order valence-electron chi connectivity index (χ0n) is 15.0. The third-order valence-electron chi connectivity index (χ3n) is 3.81. The van der Waals surface area contributed by atoms with Gasteiger partial charge in [-0.1, -0.05) is 17.7 Å². The van der Waals surface area contributed by atoms with Gasteiger partial charge in [-0.2, -0.15) is 5.26 Å². The first kappa shape index (κ1) is 19.3. The maximum absolute atomic E-state index is 12.7. The van der Waals surface area contributed by atoms with Gasteiger partial charge in [-0.25, -0.2) is 8.42 Å². The summed E-state index contributed by atoms with van der Waals surface area (Å²) in [6.07, 6.45) is 1.34. The van der Waals surface area contributed by atoms with Crippen LogP contribution in [0.5, 0.6) is 11.5 Å². The molecule has 0 saturated heterocycles. The van der Waals surface area contributed by atoms with Crippen molar-refractivity contribution < 1.29 is 17.9 Å². The van der Waals surface area contributed by atoms with Gasteiger partial charge in [0.15, 0.2) is 11.5 Å². The van der Waals surface area contributed by atoms with Gasteiger partial charge in [-0.05, 0) is 37.6 Å². The highest BCUT2D eigenvalue weighted by atomic mass is 32.2. The van der Waals surface area contributed by atoms with E-state index < -0.39 is 10.0 Å². The van der Waals surface area contributed by atoms with Crippen LogP contribution in [0.4, 0.5) is 5.69 Å². The van der Waals surface area contributed by atoms with E-state index in [1.165, 1.54) is 38.5 Å². The number of nitrogens with zero attached hydrogens (tertiary/aromatic N) is 1. The van der Waals surface area contributed by atoms with E-state index in [2.05, 4.69) is 4.72 Å². The molecule has 0 aliphatic carbocycles. The highest BCUT2D eigenvalue weighted by molar-refractivity contribution is 7.92. The van der Waals surface area contributed by atoms with Crippen LogP contribution in [0.3, 0.4) is 0 Å². The summed E-state index contributed by atoms with van der Waals surface area (Å²) in [4.78, 5) is 0.144. The van der Waals surface area contributed by atoms with Crippen LogP contribution in [0, 0.1) is 18.3 Å². The molecule has 2 aromatic rings. The smallest absolute Gasteiger partial charge is 0.261 e. The zero-order chi connectivity index (χ0) is 19.3. The molecule has 136 valence electrons. The highest BCUT2D eigenvalue weighted by Gasteiger charge is 2.19. The van der Waals surface area contributed by atoms with E-state index in [1.54, 1.807) is 25.1 Å². The second kappa shape index (κ2) is 7.93. The quantitative estimate of drug-likeness (QED) is 0.780. The van der Waals surface area contributed by atoms with Gasteiger partial charge in [0.1, 0.15) is 0 Å². The van der Waals surface area contributed by atoms with Gasteiger partial charge in [0.2, 0.25) is 0 Å². The van der Waals surface area contributed by atoms with Crippen LogP contribution in [0.15, 0.2) is 47.4 Å². The van der Waals surface area contributed by atoms with Crippen molar-refractivity contribution in [2.75, 3.05) is 18.9 Å². The van der Waals surface area contributed by atoms with E-state index in [1.807, 2.05) is 13.0 Å². The van der Waals surface area contributed by atoms with Gasteiger partial charge in [0, 0.05) is 17.7 Å². The number of hydrogen-bond acceptors (Lipinski definition) is 5. The minimum Gasteiger partial charge on any atom is -0.493 e. The molecule has 0 amide bonds. The van der Waals surface area contributed by atoms with E-state index in [0.29, 0.717) is 28.3 Å². The number of aryl methyl sites for hydroxylation is 1. The number of rotatable bonds is 6. The fourth-order valence-electron chi connectivity index (χ4n) is 2.39. The number of sulfonamides is 1. The zero-order valence-corrected chi connectivity index (χ0v) is 15.8. The summed E-state index contributed by atoms with van der Waals surface area (Å²) in [6.45, 7) is 3.60. The average molecular weight is 372 g/mol. The molecule has 2 rings (SSSR count). The lowest BCUT2D eigenvalue weighted by molar-refractivity contribution is 0.355. The van der Waals surface area contributed by atoms with Crippen LogP contribution < -0.4 is 14.2 Å². The number of benzene rings is 2.